The molecule has 0 fully saturated rings. The molecule has 0 saturated carbocycles. The van der Waals surface area contributed by atoms with E-state index in [1.165, 1.54) is 6.07 Å². The van der Waals surface area contributed by atoms with Crippen LogP contribution in [0.25, 0.3) is 0 Å². The van der Waals surface area contributed by atoms with Crippen LogP contribution in [0.2, 0.25) is 0 Å². The standard InChI is InChI=1S/C13H17F2NO2/c1-3-11(16)13(2,7-12(17)18)9-5-4-8(14)6-10(9)15/h4-6,11H,3,7,16H2,1-2H3,(H,17,18). The first-order chi connectivity index (χ1) is 8.31. The second kappa shape index (κ2) is 5.44. The van der Waals surface area contributed by atoms with Gasteiger partial charge >= 0.3 is 5.97 Å². The Kier molecular flexibility index (Phi) is 4.40. The Morgan fingerprint density at radius 3 is 2.56 bits per heavy atom. The van der Waals surface area contributed by atoms with Crippen molar-refractivity contribution in [2.24, 2.45) is 5.73 Å². The van der Waals surface area contributed by atoms with Gasteiger partial charge < -0.3 is 10.8 Å². The third-order valence-corrected chi connectivity index (χ3v) is 3.32. The summed E-state index contributed by atoms with van der Waals surface area (Å²) in [4.78, 5) is 10.9. The van der Waals surface area contributed by atoms with Crippen molar-refractivity contribution in [3.05, 3.63) is 35.4 Å². The van der Waals surface area contributed by atoms with Crippen LogP contribution in [-0.4, -0.2) is 17.1 Å². The monoisotopic (exact) mass is 257 g/mol. The lowest BCUT2D eigenvalue weighted by molar-refractivity contribution is -0.138. The number of carboxylic acid groups (broad SMARTS) is 1. The molecule has 0 aliphatic carbocycles. The number of rotatable bonds is 5. The molecule has 3 nitrogen and oxygen atoms in total. The molecule has 2 atom stereocenters. The lowest BCUT2D eigenvalue weighted by Gasteiger charge is -2.34. The number of carboxylic acids is 1. The van der Waals surface area contributed by atoms with E-state index in [0.29, 0.717) is 6.42 Å². The zero-order valence-electron chi connectivity index (χ0n) is 10.4. The van der Waals surface area contributed by atoms with Crippen LogP contribution in [0.5, 0.6) is 0 Å². The molecule has 18 heavy (non-hydrogen) atoms. The smallest absolute Gasteiger partial charge is 0.304 e. The van der Waals surface area contributed by atoms with Gasteiger partial charge in [0.05, 0.1) is 6.42 Å². The second-order valence-electron chi connectivity index (χ2n) is 4.63. The predicted molar refractivity (Wildman–Crippen MR) is 64.2 cm³/mol. The summed E-state index contributed by atoms with van der Waals surface area (Å²) < 4.78 is 26.7. The van der Waals surface area contributed by atoms with Gasteiger partial charge in [0, 0.05) is 17.5 Å². The number of benzene rings is 1. The fourth-order valence-electron chi connectivity index (χ4n) is 2.14. The molecule has 100 valence electrons. The van der Waals surface area contributed by atoms with Gasteiger partial charge in [0.1, 0.15) is 11.6 Å². The molecule has 0 bridgehead atoms. The molecule has 5 heteroatoms. The number of carbonyl (C=O) groups is 1. The van der Waals surface area contributed by atoms with Gasteiger partial charge in [-0.2, -0.15) is 0 Å². The Morgan fingerprint density at radius 1 is 1.50 bits per heavy atom. The quantitative estimate of drug-likeness (QED) is 0.851. The first kappa shape index (κ1) is 14.6. The van der Waals surface area contributed by atoms with E-state index in [1.807, 2.05) is 0 Å². The third-order valence-electron chi connectivity index (χ3n) is 3.32. The Bertz CT molecular complexity index is 451. The predicted octanol–water partition coefficient (Wildman–Crippen LogP) is 2.43. The van der Waals surface area contributed by atoms with Crippen LogP contribution < -0.4 is 5.73 Å². The van der Waals surface area contributed by atoms with Gasteiger partial charge in [-0.1, -0.05) is 19.9 Å². The highest BCUT2D eigenvalue weighted by atomic mass is 19.1. The average molecular weight is 257 g/mol. The zero-order chi connectivity index (χ0) is 13.9. The van der Waals surface area contributed by atoms with Gasteiger partial charge in [-0.25, -0.2) is 8.78 Å². The van der Waals surface area contributed by atoms with Crippen LogP contribution >= 0.6 is 0 Å². The van der Waals surface area contributed by atoms with E-state index in [4.69, 9.17) is 10.8 Å². The first-order valence-electron chi connectivity index (χ1n) is 5.74. The second-order valence-corrected chi connectivity index (χ2v) is 4.63. The van der Waals surface area contributed by atoms with Gasteiger partial charge in [-0.05, 0) is 18.1 Å². The van der Waals surface area contributed by atoms with Crippen LogP contribution in [0.4, 0.5) is 8.78 Å². The molecule has 1 aromatic carbocycles. The van der Waals surface area contributed by atoms with Crippen molar-refractivity contribution in [1.29, 1.82) is 0 Å². The number of nitrogens with two attached hydrogens (primary N) is 1. The summed E-state index contributed by atoms with van der Waals surface area (Å²) in [6.07, 6.45) is 0.200. The highest BCUT2D eigenvalue weighted by Crippen LogP contribution is 2.34. The van der Waals surface area contributed by atoms with E-state index in [1.54, 1.807) is 13.8 Å². The van der Waals surface area contributed by atoms with E-state index in [2.05, 4.69) is 0 Å². The molecule has 0 aliphatic heterocycles. The average Bonchev–Trinajstić information content (AvgIpc) is 2.26. The molecule has 0 saturated heterocycles. The summed E-state index contributed by atoms with van der Waals surface area (Å²) in [6, 6.07) is 2.61. The number of hydrogen-bond donors (Lipinski definition) is 2. The third kappa shape index (κ3) is 2.85. The summed E-state index contributed by atoms with van der Waals surface area (Å²) in [5.74, 6) is -2.52. The largest absolute Gasteiger partial charge is 0.481 e. The fraction of sp³-hybridized carbons (Fsp3) is 0.462. The molecular weight excluding hydrogens is 240 g/mol. The van der Waals surface area contributed by atoms with Crippen molar-refractivity contribution in [3.63, 3.8) is 0 Å². The van der Waals surface area contributed by atoms with Crippen LogP contribution in [0.15, 0.2) is 18.2 Å². The highest BCUT2D eigenvalue weighted by Gasteiger charge is 2.37. The van der Waals surface area contributed by atoms with Gasteiger partial charge in [-0.15, -0.1) is 0 Å². The van der Waals surface area contributed by atoms with E-state index in [9.17, 15) is 13.6 Å². The summed E-state index contributed by atoms with van der Waals surface area (Å²) >= 11 is 0. The fourth-order valence-corrected chi connectivity index (χ4v) is 2.14. The highest BCUT2D eigenvalue weighted by molar-refractivity contribution is 5.69. The maximum atomic E-state index is 13.8. The summed E-state index contributed by atoms with van der Waals surface area (Å²) in [5.41, 5.74) is 5.00. The van der Waals surface area contributed by atoms with Crippen molar-refractivity contribution >= 4 is 5.97 Å². The summed E-state index contributed by atoms with van der Waals surface area (Å²) in [7, 11) is 0. The Morgan fingerprint density at radius 2 is 2.11 bits per heavy atom. The summed E-state index contributed by atoms with van der Waals surface area (Å²) in [5, 5.41) is 8.95. The Labute approximate surface area is 105 Å². The van der Waals surface area contributed by atoms with Crippen molar-refractivity contribution in [2.75, 3.05) is 0 Å². The maximum absolute atomic E-state index is 13.8. The SMILES string of the molecule is CCC(N)C(C)(CC(=O)O)c1ccc(F)cc1F. The minimum atomic E-state index is -1.06. The van der Waals surface area contributed by atoms with Gasteiger partial charge in [0.25, 0.3) is 0 Å². The lowest BCUT2D eigenvalue weighted by Crippen LogP contribution is -2.45. The molecule has 0 aromatic heterocycles. The molecule has 1 aromatic rings. The summed E-state index contributed by atoms with van der Waals surface area (Å²) in [6.45, 7) is 3.39. The minimum Gasteiger partial charge on any atom is -0.481 e. The Hall–Kier alpha value is -1.49. The molecule has 2 unspecified atom stereocenters. The van der Waals surface area contributed by atoms with E-state index in [-0.39, 0.29) is 12.0 Å². The molecule has 1 rings (SSSR count). The van der Waals surface area contributed by atoms with E-state index in [0.717, 1.165) is 12.1 Å². The molecule has 0 heterocycles. The lowest BCUT2D eigenvalue weighted by atomic mass is 9.72. The molecule has 0 amide bonds. The van der Waals surface area contributed by atoms with Gasteiger partial charge in [-0.3, -0.25) is 4.79 Å². The number of aliphatic carboxylic acids is 1. The van der Waals surface area contributed by atoms with Crippen molar-refractivity contribution in [1.82, 2.24) is 0 Å². The van der Waals surface area contributed by atoms with Crippen molar-refractivity contribution in [2.45, 2.75) is 38.1 Å². The van der Waals surface area contributed by atoms with Crippen molar-refractivity contribution < 1.29 is 18.7 Å². The van der Waals surface area contributed by atoms with Crippen LogP contribution in [0.3, 0.4) is 0 Å². The van der Waals surface area contributed by atoms with Crippen LogP contribution in [0, 0.1) is 11.6 Å². The first-order valence-corrected chi connectivity index (χ1v) is 5.74. The van der Waals surface area contributed by atoms with Crippen LogP contribution in [0.1, 0.15) is 32.3 Å². The normalized spacial score (nSPS) is 16.1. The molecule has 0 spiro atoms. The van der Waals surface area contributed by atoms with E-state index < -0.39 is 29.1 Å². The van der Waals surface area contributed by atoms with Gasteiger partial charge in [0.2, 0.25) is 0 Å². The Balaban J connectivity index is 3.29. The zero-order valence-corrected chi connectivity index (χ0v) is 10.4. The molecule has 0 aliphatic rings. The maximum Gasteiger partial charge on any atom is 0.304 e. The van der Waals surface area contributed by atoms with Crippen molar-refractivity contribution in [3.8, 4) is 0 Å². The number of hydrogen-bond acceptors (Lipinski definition) is 2. The topological polar surface area (TPSA) is 63.3 Å². The van der Waals surface area contributed by atoms with E-state index >= 15 is 0 Å². The molecular formula is C13H17F2NO2. The van der Waals surface area contributed by atoms with Gasteiger partial charge in [0.15, 0.2) is 0 Å². The van der Waals surface area contributed by atoms with Crippen LogP contribution in [-0.2, 0) is 10.2 Å². The molecule has 0 radical (unpaired) electrons. The molecule has 3 N–H and O–H groups in total. The minimum absolute atomic E-state index is 0.139. The number of halogens is 2.